The average molecular weight is 403 g/mol. The van der Waals surface area contributed by atoms with E-state index in [1.54, 1.807) is 13.2 Å². The highest BCUT2D eigenvalue weighted by molar-refractivity contribution is 5.95. The van der Waals surface area contributed by atoms with Gasteiger partial charge in [0.2, 0.25) is 5.91 Å². The van der Waals surface area contributed by atoms with Crippen molar-refractivity contribution in [3.8, 4) is 5.75 Å². The first-order valence-corrected chi connectivity index (χ1v) is 10.8. The summed E-state index contributed by atoms with van der Waals surface area (Å²) in [7, 11) is 1.60. The van der Waals surface area contributed by atoms with E-state index in [0.717, 1.165) is 45.7 Å². The molecule has 29 heavy (non-hydrogen) atoms. The topological polar surface area (TPSA) is 65.1 Å². The van der Waals surface area contributed by atoms with E-state index in [1.165, 1.54) is 6.42 Å². The van der Waals surface area contributed by atoms with Gasteiger partial charge in [0.1, 0.15) is 5.75 Å². The minimum atomic E-state index is -0.0278. The molecule has 2 aliphatic heterocycles. The van der Waals surface area contributed by atoms with Gasteiger partial charge >= 0.3 is 0 Å². The lowest BCUT2D eigenvalue weighted by molar-refractivity contribution is -0.132. The highest BCUT2D eigenvalue weighted by Gasteiger charge is 2.28. The largest absolute Gasteiger partial charge is 0.497 e. The van der Waals surface area contributed by atoms with Crippen LogP contribution in [0.5, 0.6) is 5.75 Å². The molecule has 1 N–H and O–H groups in total. The van der Waals surface area contributed by atoms with E-state index in [9.17, 15) is 9.59 Å². The lowest BCUT2D eigenvalue weighted by Crippen LogP contribution is -2.48. The minimum absolute atomic E-state index is 0.0278. The summed E-state index contributed by atoms with van der Waals surface area (Å²) in [6.07, 6.45) is 2.63. The Labute approximate surface area is 174 Å². The van der Waals surface area contributed by atoms with Gasteiger partial charge in [-0.2, -0.15) is 0 Å². The molecule has 1 atom stereocenters. The first-order chi connectivity index (χ1) is 14.1. The predicted molar refractivity (Wildman–Crippen MR) is 113 cm³/mol. The maximum Gasteiger partial charge on any atom is 0.254 e. The second-order valence-corrected chi connectivity index (χ2v) is 7.79. The molecule has 7 heteroatoms. The Morgan fingerprint density at radius 2 is 2.03 bits per heavy atom. The maximum absolute atomic E-state index is 13.3. The van der Waals surface area contributed by atoms with Crippen LogP contribution >= 0.6 is 0 Å². The van der Waals surface area contributed by atoms with Crippen LogP contribution in [0.4, 0.5) is 0 Å². The van der Waals surface area contributed by atoms with E-state index in [2.05, 4.69) is 17.1 Å². The zero-order chi connectivity index (χ0) is 20.6. The number of piperazine rings is 1. The Kier molecular flexibility index (Phi) is 7.89. The Morgan fingerprint density at radius 3 is 2.76 bits per heavy atom. The third kappa shape index (κ3) is 5.70. The normalized spacial score (nSPS) is 19.9. The summed E-state index contributed by atoms with van der Waals surface area (Å²) in [5.41, 5.74) is 0.611. The molecule has 0 aromatic heterocycles. The molecule has 3 rings (SSSR count). The molecule has 2 fully saturated rings. The van der Waals surface area contributed by atoms with Crippen molar-refractivity contribution in [3.63, 3.8) is 0 Å². The number of carbonyl (C=O) groups is 2. The number of hydrogen-bond acceptors (Lipinski definition) is 5. The van der Waals surface area contributed by atoms with Gasteiger partial charge in [0.15, 0.2) is 0 Å². The fourth-order valence-corrected chi connectivity index (χ4v) is 4.29. The van der Waals surface area contributed by atoms with Crippen molar-refractivity contribution >= 4 is 11.8 Å². The van der Waals surface area contributed by atoms with Crippen LogP contribution in [0.3, 0.4) is 0 Å². The summed E-state index contributed by atoms with van der Waals surface area (Å²) < 4.78 is 5.28. The number of methoxy groups -OCH3 is 1. The van der Waals surface area contributed by atoms with Crippen LogP contribution in [0.25, 0.3) is 0 Å². The third-order valence-corrected chi connectivity index (χ3v) is 6.01. The van der Waals surface area contributed by atoms with Gasteiger partial charge in [-0.15, -0.1) is 0 Å². The standard InChI is InChI=1S/C22H34N4O3/c1-3-24-12-5-7-19(24)17-26(13-9-21(27)25-14-10-23-11-15-25)22(28)18-6-4-8-20(16-18)29-2/h4,6,8,16,19,23H,3,5,7,9-15,17H2,1-2H3/t19-/m0/s1. The van der Waals surface area contributed by atoms with E-state index >= 15 is 0 Å². The lowest BCUT2D eigenvalue weighted by Gasteiger charge is -2.32. The second-order valence-electron chi connectivity index (χ2n) is 7.79. The molecular formula is C22H34N4O3. The number of rotatable bonds is 8. The first-order valence-electron chi connectivity index (χ1n) is 10.8. The molecule has 2 heterocycles. The molecule has 7 nitrogen and oxygen atoms in total. The zero-order valence-electron chi connectivity index (χ0n) is 17.7. The Balaban J connectivity index is 1.69. The maximum atomic E-state index is 13.3. The van der Waals surface area contributed by atoms with Crippen LogP contribution in [-0.2, 0) is 4.79 Å². The van der Waals surface area contributed by atoms with Crippen LogP contribution in [-0.4, -0.2) is 92.0 Å². The van der Waals surface area contributed by atoms with Crippen LogP contribution < -0.4 is 10.1 Å². The van der Waals surface area contributed by atoms with E-state index in [0.29, 0.717) is 36.9 Å². The zero-order valence-corrected chi connectivity index (χ0v) is 17.7. The van der Waals surface area contributed by atoms with Crippen molar-refractivity contribution in [2.24, 2.45) is 0 Å². The number of ether oxygens (including phenoxy) is 1. The Morgan fingerprint density at radius 1 is 1.24 bits per heavy atom. The number of nitrogens with one attached hydrogen (secondary N) is 1. The minimum Gasteiger partial charge on any atom is -0.497 e. The highest BCUT2D eigenvalue weighted by Crippen LogP contribution is 2.20. The summed E-state index contributed by atoms with van der Waals surface area (Å²) in [6.45, 7) is 8.53. The van der Waals surface area contributed by atoms with Crippen LogP contribution in [0.2, 0.25) is 0 Å². The SMILES string of the molecule is CCN1CCC[C@H]1CN(CCC(=O)N1CCNCC1)C(=O)c1cccc(OC)c1. The third-order valence-electron chi connectivity index (χ3n) is 6.01. The molecule has 0 saturated carbocycles. The molecule has 0 aliphatic carbocycles. The molecule has 2 aliphatic rings. The van der Waals surface area contributed by atoms with Crippen molar-refractivity contribution in [1.29, 1.82) is 0 Å². The Hall–Kier alpha value is -2.12. The smallest absolute Gasteiger partial charge is 0.254 e. The molecule has 1 aromatic carbocycles. The number of amides is 2. The van der Waals surface area contributed by atoms with Crippen LogP contribution in [0.1, 0.15) is 36.5 Å². The van der Waals surface area contributed by atoms with Gasteiger partial charge in [-0.1, -0.05) is 13.0 Å². The van der Waals surface area contributed by atoms with Gasteiger partial charge in [-0.3, -0.25) is 14.5 Å². The molecule has 160 valence electrons. The monoisotopic (exact) mass is 402 g/mol. The van der Waals surface area contributed by atoms with E-state index < -0.39 is 0 Å². The molecule has 2 saturated heterocycles. The quantitative estimate of drug-likeness (QED) is 0.713. The first kappa shape index (κ1) is 21.6. The number of nitrogens with zero attached hydrogens (tertiary/aromatic N) is 3. The Bertz CT molecular complexity index is 690. The van der Waals surface area contributed by atoms with E-state index in [-0.39, 0.29) is 11.8 Å². The summed E-state index contributed by atoms with van der Waals surface area (Å²) >= 11 is 0. The summed E-state index contributed by atoms with van der Waals surface area (Å²) in [6, 6.07) is 7.64. The molecule has 0 unspecified atom stereocenters. The lowest BCUT2D eigenvalue weighted by atomic mass is 10.1. The predicted octanol–water partition coefficient (Wildman–Crippen LogP) is 1.44. The molecule has 2 amide bonds. The summed E-state index contributed by atoms with van der Waals surface area (Å²) in [4.78, 5) is 32.2. The fourth-order valence-electron chi connectivity index (χ4n) is 4.29. The summed E-state index contributed by atoms with van der Waals surface area (Å²) in [5.74, 6) is 0.775. The number of likely N-dealkylation sites (N-methyl/N-ethyl adjacent to an activating group) is 1. The number of carbonyl (C=O) groups excluding carboxylic acids is 2. The van der Waals surface area contributed by atoms with Crippen LogP contribution in [0, 0.1) is 0 Å². The number of benzene rings is 1. The molecule has 1 aromatic rings. The van der Waals surface area contributed by atoms with E-state index in [4.69, 9.17) is 4.74 Å². The van der Waals surface area contributed by atoms with Gasteiger partial charge < -0.3 is 19.9 Å². The molecular weight excluding hydrogens is 368 g/mol. The molecule has 0 radical (unpaired) electrons. The number of hydrogen-bond donors (Lipinski definition) is 1. The van der Waals surface area contributed by atoms with Crippen molar-refractivity contribution in [1.82, 2.24) is 20.0 Å². The highest BCUT2D eigenvalue weighted by atomic mass is 16.5. The van der Waals surface area contributed by atoms with Gasteiger partial charge in [0.25, 0.3) is 5.91 Å². The van der Waals surface area contributed by atoms with E-state index in [1.807, 2.05) is 28.0 Å². The second kappa shape index (κ2) is 10.6. The summed E-state index contributed by atoms with van der Waals surface area (Å²) in [5, 5.41) is 3.27. The molecule has 0 spiro atoms. The van der Waals surface area contributed by atoms with Gasteiger partial charge in [-0.05, 0) is 44.1 Å². The van der Waals surface area contributed by atoms with Crippen molar-refractivity contribution < 1.29 is 14.3 Å². The van der Waals surface area contributed by atoms with Crippen molar-refractivity contribution in [2.75, 3.05) is 59.5 Å². The average Bonchev–Trinajstić information content (AvgIpc) is 3.23. The van der Waals surface area contributed by atoms with Gasteiger partial charge in [0, 0.05) is 57.3 Å². The molecule has 0 bridgehead atoms. The van der Waals surface area contributed by atoms with Gasteiger partial charge in [0.05, 0.1) is 7.11 Å². The fraction of sp³-hybridized carbons (Fsp3) is 0.636. The van der Waals surface area contributed by atoms with Crippen LogP contribution in [0.15, 0.2) is 24.3 Å². The van der Waals surface area contributed by atoms with Crippen molar-refractivity contribution in [3.05, 3.63) is 29.8 Å². The number of likely N-dealkylation sites (tertiary alicyclic amines) is 1. The van der Waals surface area contributed by atoms with Crippen molar-refractivity contribution in [2.45, 2.75) is 32.2 Å². The van der Waals surface area contributed by atoms with Gasteiger partial charge in [-0.25, -0.2) is 0 Å².